The van der Waals surface area contributed by atoms with Gasteiger partial charge in [0.05, 0.1) is 18.0 Å². The average molecular weight is 382 g/mol. The number of ether oxygens (including phenoxy) is 1. The van der Waals surface area contributed by atoms with Gasteiger partial charge in [0.25, 0.3) is 5.91 Å². The largest absolute Gasteiger partial charge is 0.491 e. The molecule has 0 aliphatic heterocycles. The molecule has 140 valence electrons. The zero-order chi connectivity index (χ0) is 19.4. The molecule has 0 atom stereocenters. The molecule has 3 rings (SSSR count). The van der Waals surface area contributed by atoms with Crippen LogP contribution < -0.4 is 15.8 Å². The van der Waals surface area contributed by atoms with E-state index >= 15 is 0 Å². The molecule has 0 aliphatic carbocycles. The van der Waals surface area contributed by atoms with Crippen LogP contribution in [-0.2, 0) is 0 Å². The maximum atomic E-state index is 12.5. The molecule has 0 unspecified atom stereocenters. The highest BCUT2D eigenvalue weighted by atomic mass is 32.1. The van der Waals surface area contributed by atoms with Crippen LogP contribution in [0.15, 0.2) is 41.8 Å². The van der Waals surface area contributed by atoms with Crippen LogP contribution in [0.3, 0.4) is 0 Å². The summed E-state index contributed by atoms with van der Waals surface area (Å²) in [5.74, 6) is 0.351. The summed E-state index contributed by atoms with van der Waals surface area (Å²) in [6.07, 6.45) is 0.897. The maximum absolute atomic E-state index is 12.5. The number of thiazole rings is 1. The first-order valence-corrected chi connectivity index (χ1v) is 9.72. The van der Waals surface area contributed by atoms with Gasteiger partial charge in [-0.2, -0.15) is 0 Å². The van der Waals surface area contributed by atoms with Gasteiger partial charge in [-0.1, -0.05) is 19.1 Å². The Morgan fingerprint density at radius 1 is 1.19 bits per heavy atom. The zero-order valence-electron chi connectivity index (χ0n) is 15.7. The molecule has 1 aromatic heterocycles. The smallest absolute Gasteiger partial charge is 0.257 e. The second kappa shape index (κ2) is 8.22. The highest BCUT2D eigenvalue weighted by Gasteiger charge is 2.12. The first-order valence-electron chi connectivity index (χ1n) is 8.84. The molecule has 27 heavy (non-hydrogen) atoms. The highest BCUT2D eigenvalue weighted by Crippen LogP contribution is 2.27. The Bertz CT molecular complexity index is 966. The Morgan fingerprint density at radius 3 is 2.70 bits per heavy atom. The Kier molecular flexibility index (Phi) is 5.76. The molecule has 3 aromatic rings. The lowest BCUT2D eigenvalue weighted by Gasteiger charge is -2.09. The number of aromatic nitrogens is 1. The van der Waals surface area contributed by atoms with Gasteiger partial charge in [-0.15, -0.1) is 11.3 Å². The summed E-state index contributed by atoms with van der Waals surface area (Å²) in [6, 6.07) is 11.3. The molecule has 6 heteroatoms. The minimum atomic E-state index is -0.246. The van der Waals surface area contributed by atoms with Crippen molar-refractivity contribution >= 4 is 28.1 Å². The molecular formula is C21H23N3O2S. The van der Waals surface area contributed by atoms with E-state index in [1.54, 1.807) is 18.2 Å². The fourth-order valence-electron chi connectivity index (χ4n) is 2.57. The lowest BCUT2D eigenvalue weighted by atomic mass is 10.1. The van der Waals surface area contributed by atoms with E-state index in [1.807, 2.05) is 18.4 Å². The summed E-state index contributed by atoms with van der Waals surface area (Å²) < 4.78 is 5.54. The van der Waals surface area contributed by atoms with Crippen LogP contribution in [-0.4, -0.2) is 17.5 Å². The van der Waals surface area contributed by atoms with Crippen LogP contribution in [0.25, 0.3) is 11.3 Å². The Morgan fingerprint density at radius 2 is 2.00 bits per heavy atom. The van der Waals surface area contributed by atoms with Crippen LogP contribution in [0, 0.1) is 13.8 Å². The van der Waals surface area contributed by atoms with Gasteiger partial charge in [-0.05, 0) is 55.7 Å². The first-order chi connectivity index (χ1) is 13.0. The minimum Gasteiger partial charge on any atom is -0.491 e. The normalized spacial score (nSPS) is 10.6. The lowest BCUT2D eigenvalue weighted by Crippen LogP contribution is -2.12. The minimum absolute atomic E-state index is 0.246. The number of aryl methyl sites for hydroxylation is 2. The van der Waals surface area contributed by atoms with Gasteiger partial charge in [-0.3, -0.25) is 10.1 Å². The summed E-state index contributed by atoms with van der Waals surface area (Å²) in [5, 5.41) is 5.33. The van der Waals surface area contributed by atoms with Gasteiger partial charge in [0, 0.05) is 16.5 Å². The summed E-state index contributed by atoms with van der Waals surface area (Å²) in [4.78, 5) is 17.0. The van der Waals surface area contributed by atoms with E-state index in [2.05, 4.69) is 36.3 Å². The molecule has 0 aliphatic rings. The van der Waals surface area contributed by atoms with Gasteiger partial charge >= 0.3 is 0 Å². The van der Waals surface area contributed by atoms with Crippen molar-refractivity contribution < 1.29 is 9.53 Å². The Labute approximate surface area is 163 Å². The SMILES string of the molecule is CCCOc1ccc(C(=O)Nc2nc(-c3ccc(C)c(C)c3)cs2)cc1N. The van der Waals surface area contributed by atoms with Crippen LogP contribution in [0.2, 0.25) is 0 Å². The second-order valence-electron chi connectivity index (χ2n) is 6.39. The van der Waals surface area contributed by atoms with E-state index in [0.29, 0.717) is 28.7 Å². The van der Waals surface area contributed by atoms with E-state index < -0.39 is 0 Å². The predicted molar refractivity (Wildman–Crippen MR) is 112 cm³/mol. The standard InChI is InChI=1S/C21H23N3O2S/c1-4-9-26-19-8-7-16(11-17(19)22)20(25)24-21-23-18(12-27-21)15-6-5-13(2)14(3)10-15/h5-8,10-12H,4,9,22H2,1-3H3,(H,23,24,25). The van der Waals surface area contributed by atoms with Crippen molar-refractivity contribution in [2.45, 2.75) is 27.2 Å². The van der Waals surface area contributed by atoms with Crippen LogP contribution >= 0.6 is 11.3 Å². The number of rotatable bonds is 6. The number of benzene rings is 2. The number of nitrogens with two attached hydrogens (primary N) is 1. The number of nitrogen functional groups attached to an aromatic ring is 1. The fraction of sp³-hybridized carbons (Fsp3) is 0.238. The quantitative estimate of drug-likeness (QED) is 0.586. The summed E-state index contributed by atoms with van der Waals surface area (Å²) in [7, 11) is 0. The molecule has 5 nitrogen and oxygen atoms in total. The Balaban J connectivity index is 1.72. The van der Waals surface area contributed by atoms with E-state index in [1.165, 1.54) is 22.5 Å². The maximum Gasteiger partial charge on any atom is 0.257 e. The molecule has 0 bridgehead atoms. The van der Waals surface area contributed by atoms with Gasteiger partial charge in [0.2, 0.25) is 0 Å². The highest BCUT2D eigenvalue weighted by molar-refractivity contribution is 7.14. The van der Waals surface area contributed by atoms with Crippen molar-refractivity contribution in [2.24, 2.45) is 0 Å². The molecule has 1 amide bonds. The van der Waals surface area contributed by atoms with E-state index in [-0.39, 0.29) is 5.91 Å². The van der Waals surface area contributed by atoms with Crippen molar-refractivity contribution in [3.63, 3.8) is 0 Å². The summed E-state index contributed by atoms with van der Waals surface area (Å²) in [6.45, 7) is 6.77. The van der Waals surface area contributed by atoms with E-state index in [0.717, 1.165) is 17.7 Å². The summed E-state index contributed by atoms with van der Waals surface area (Å²) >= 11 is 1.40. The fourth-order valence-corrected chi connectivity index (χ4v) is 3.28. The third kappa shape index (κ3) is 4.46. The number of nitrogens with one attached hydrogen (secondary N) is 1. The monoisotopic (exact) mass is 381 g/mol. The first kappa shape index (κ1) is 18.9. The molecule has 0 saturated heterocycles. The number of hydrogen-bond donors (Lipinski definition) is 2. The topological polar surface area (TPSA) is 77.2 Å². The predicted octanol–water partition coefficient (Wildman–Crippen LogP) is 5.05. The van der Waals surface area contributed by atoms with Crippen LogP contribution in [0.1, 0.15) is 34.8 Å². The Hall–Kier alpha value is -2.86. The van der Waals surface area contributed by atoms with Crippen molar-refractivity contribution in [1.29, 1.82) is 0 Å². The molecule has 0 fully saturated rings. The molecule has 0 radical (unpaired) electrons. The number of anilines is 2. The average Bonchev–Trinajstić information content (AvgIpc) is 3.11. The van der Waals surface area contributed by atoms with Gasteiger partial charge in [0.1, 0.15) is 5.75 Å². The number of hydrogen-bond acceptors (Lipinski definition) is 5. The molecular weight excluding hydrogens is 358 g/mol. The molecule has 2 aromatic carbocycles. The number of carbonyl (C=O) groups excluding carboxylic acids is 1. The third-order valence-electron chi connectivity index (χ3n) is 4.26. The number of nitrogens with zero attached hydrogens (tertiary/aromatic N) is 1. The van der Waals surface area contributed by atoms with E-state index in [9.17, 15) is 4.79 Å². The third-order valence-corrected chi connectivity index (χ3v) is 5.02. The van der Waals surface area contributed by atoms with Crippen LogP contribution in [0.5, 0.6) is 5.75 Å². The molecule has 0 saturated carbocycles. The van der Waals surface area contributed by atoms with Crippen molar-refractivity contribution in [3.8, 4) is 17.0 Å². The zero-order valence-corrected chi connectivity index (χ0v) is 16.5. The number of carbonyl (C=O) groups is 1. The van der Waals surface area contributed by atoms with Gasteiger partial charge in [-0.25, -0.2) is 4.98 Å². The van der Waals surface area contributed by atoms with Crippen molar-refractivity contribution in [3.05, 3.63) is 58.5 Å². The van der Waals surface area contributed by atoms with Gasteiger partial charge in [0.15, 0.2) is 5.13 Å². The number of amides is 1. The van der Waals surface area contributed by atoms with E-state index in [4.69, 9.17) is 10.5 Å². The van der Waals surface area contributed by atoms with Crippen molar-refractivity contribution in [1.82, 2.24) is 4.98 Å². The van der Waals surface area contributed by atoms with Crippen LogP contribution in [0.4, 0.5) is 10.8 Å². The van der Waals surface area contributed by atoms with Gasteiger partial charge < -0.3 is 10.5 Å². The molecule has 3 N–H and O–H groups in total. The molecule has 1 heterocycles. The van der Waals surface area contributed by atoms with Crippen molar-refractivity contribution in [2.75, 3.05) is 17.7 Å². The molecule has 0 spiro atoms. The second-order valence-corrected chi connectivity index (χ2v) is 7.25. The lowest BCUT2D eigenvalue weighted by molar-refractivity contribution is 0.102. The summed E-state index contributed by atoms with van der Waals surface area (Å²) in [5.41, 5.74) is 11.2.